The van der Waals surface area contributed by atoms with Crippen molar-refractivity contribution < 1.29 is 36.1 Å². The number of alkyl halides is 4. The molecule has 0 radical (unpaired) electrons. The van der Waals surface area contributed by atoms with Gasteiger partial charge in [-0.15, -0.1) is 0 Å². The Labute approximate surface area is 224 Å². The fraction of sp³-hybridized carbons (Fsp3) is 0.536. The highest BCUT2D eigenvalue weighted by Crippen LogP contribution is 2.51. The molecular formula is C28H31F5N2O3S. The molecule has 0 aromatic heterocycles. The Kier molecular flexibility index (Phi) is 6.65. The van der Waals surface area contributed by atoms with E-state index >= 15 is 0 Å². The molecule has 2 saturated heterocycles. The van der Waals surface area contributed by atoms with Crippen LogP contribution in [0.4, 0.5) is 22.0 Å². The largest absolute Gasteiger partial charge is 0.426 e. The van der Waals surface area contributed by atoms with Crippen molar-refractivity contribution in [3.05, 3.63) is 70.5 Å². The number of hydrogen-bond donors (Lipinski definition) is 2. The number of rotatable bonds is 4. The molecule has 2 aliphatic heterocycles. The topological polar surface area (TPSA) is 81.5 Å². The second-order valence-electron chi connectivity index (χ2n) is 11.4. The number of aliphatic hydroxyl groups is 1. The molecule has 5 rings (SSSR count). The summed E-state index contributed by atoms with van der Waals surface area (Å²) in [5, 5.41) is 11.2. The maximum atomic E-state index is 14.8. The summed E-state index contributed by atoms with van der Waals surface area (Å²) in [6, 6.07) is 9.48. The molecule has 212 valence electrons. The van der Waals surface area contributed by atoms with Crippen molar-refractivity contribution in [1.29, 1.82) is 4.78 Å². The Balaban J connectivity index is 1.55. The Bertz CT molecular complexity index is 1380. The van der Waals surface area contributed by atoms with Crippen LogP contribution in [0.2, 0.25) is 0 Å². The molecule has 2 aromatic rings. The average Bonchev–Trinajstić information content (AvgIpc) is 3.25. The molecule has 0 bridgehead atoms. The first kappa shape index (κ1) is 28.0. The minimum atomic E-state index is -5.08. The summed E-state index contributed by atoms with van der Waals surface area (Å²) in [6.45, 7) is 0.790. The normalized spacial score (nSPS) is 32.3. The molecule has 0 saturated carbocycles. The van der Waals surface area contributed by atoms with Gasteiger partial charge >= 0.3 is 6.18 Å². The van der Waals surface area contributed by atoms with E-state index in [1.165, 1.54) is 24.3 Å². The molecule has 3 atom stereocenters. The zero-order chi connectivity index (χ0) is 28.4. The Morgan fingerprint density at radius 3 is 2.36 bits per heavy atom. The molecule has 1 unspecified atom stereocenters. The third-order valence-electron chi connectivity index (χ3n) is 9.00. The molecule has 2 heterocycles. The predicted molar refractivity (Wildman–Crippen MR) is 136 cm³/mol. The van der Waals surface area contributed by atoms with Crippen LogP contribution in [0.15, 0.2) is 42.5 Å². The van der Waals surface area contributed by atoms with Crippen molar-refractivity contribution in [2.45, 2.75) is 74.4 Å². The van der Waals surface area contributed by atoms with Gasteiger partial charge < -0.3 is 10.0 Å². The van der Waals surface area contributed by atoms with Gasteiger partial charge in [-0.05, 0) is 79.8 Å². The van der Waals surface area contributed by atoms with Gasteiger partial charge in [-0.3, -0.25) is 9.57 Å². The first-order chi connectivity index (χ1) is 18.1. The fourth-order valence-electron chi connectivity index (χ4n) is 6.61. The Morgan fingerprint density at radius 2 is 1.74 bits per heavy atom. The molecule has 11 heteroatoms. The summed E-state index contributed by atoms with van der Waals surface area (Å²) < 4.78 is 88.8. The van der Waals surface area contributed by atoms with Gasteiger partial charge in [0.15, 0.2) is 0 Å². The molecule has 1 aliphatic carbocycles. The second kappa shape index (κ2) is 9.26. The quantitative estimate of drug-likeness (QED) is 0.498. The summed E-state index contributed by atoms with van der Waals surface area (Å²) in [6.07, 6.45) is -3.70. The number of carbonyl (C=O) groups is 1. The molecule has 2 aromatic carbocycles. The summed E-state index contributed by atoms with van der Waals surface area (Å²) in [5.74, 6) is -1.04. The Morgan fingerprint density at radius 1 is 1.10 bits per heavy atom. The standard InChI is InChI=1S/C28H31F5N2O3S/c1-25(30,28(31,32)33)20-5-8-22-19(16-20)4-9-23-26(22,17-18-2-6-21(29)7-3-18)10-13-35(23)24(36)27(37)11-14-39(34,38)15-12-27/h2-3,5-8,16,23,34,37H,4,9-15,17H2,1H3/t23-,25?,26-,27?,39?/m1/s1. The van der Waals surface area contributed by atoms with Gasteiger partial charge in [0.1, 0.15) is 11.4 Å². The van der Waals surface area contributed by atoms with Crippen molar-refractivity contribution >= 4 is 15.6 Å². The zero-order valence-corrected chi connectivity index (χ0v) is 22.3. The van der Waals surface area contributed by atoms with E-state index in [9.17, 15) is 36.1 Å². The lowest BCUT2D eigenvalue weighted by molar-refractivity contribution is -0.228. The van der Waals surface area contributed by atoms with E-state index in [1.807, 2.05) is 0 Å². The number of likely N-dealkylation sites (tertiary alicyclic amines) is 1. The van der Waals surface area contributed by atoms with Crippen LogP contribution in [0.25, 0.3) is 0 Å². The van der Waals surface area contributed by atoms with Crippen LogP contribution < -0.4 is 0 Å². The summed E-state index contributed by atoms with van der Waals surface area (Å²) in [7, 11) is -2.83. The zero-order valence-electron chi connectivity index (χ0n) is 21.5. The maximum absolute atomic E-state index is 14.8. The minimum absolute atomic E-state index is 0.0682. The average molecular weight is 571 g/mol. The van der Waals surface area contributed by atoms with E-state index in [0.717, 1.165) is 17.2 Å². The number of amides is 1. The number of benzene rings is 2. The van der Waals surface area contributed by atoms with Gasteiger partial charge in [-0.1, -0.05) is 30.3 Å². The molecule has 3 aliphatic rings. The van der Waals surface area contributed by atoms with Crippen LogP contribution in [0, 0.1) is 10.6 Å². The number of nitrogens with one attached hydrogen (secondary N) is 1. The van der Waals surface area contributed by atoms with Gasteiger partial charge in [0.2, 0.25) is 5.67 Å². The summed E-state index contributed by atoms with van der Waals surface area (Å²) in [5.41, 5.74) is -4.39. The van der Waals surface area contributed by atoms with Crippen LogP contribution in [-0.2, 0) is 38.4 Å². The first-order valence-corrected chi connectivity index (χ1v) is 14.9. The number of hydrogen-bond acceptors (Lipinski definition) is 4. The van der Waals surface area contributed by atoms with E-state index in [2.05, 4.69) is 0 Å². The lowest BCUT2D eigenvalue weighted by Gasteiger charge is -2.45. The van der Waals surface area contributed by atoms with Crippen LogP contribution in [0.5, 0.6) is 0 Å². The SMILES string of the molecule is CC(F)(c1ccc2c(c1)CC[C@H]1N(C(=O)C3(O)CCS(=N)(=O)CC3)CC[C@@]21Cc1ccc(F)cc1)C(F)(F)F. The van der Waals surface area contributed by atoms with Crippen molar-refractivity contribution in [3.63, 3.8) is 0 Å². The maximum Gasteiger partial charge on any atom is 0.426 e. The molecular weight excluding hydrogens is 539 g/mol. The summed E-state index contributed by atoms with van der Waals surface area (Å²) in [4.78, 5) is 15.4. The van der Waals surface area contributed by atoms with E-state index in [-0.39, 0.29) is 30.9 Å². The van der Waals surface area contributed by atoms with Crippen LogP contribution >= 0.6 is 0 Å². The van der Waals surface area contributed by atoms with Gasteiger partial charge in [-0.2, -0.15) is 13.2 Å². The second-order valence-corrected chi connectivity index (χ2v) is 13.8. The number of carbonyl (C=O) groups excluding carboxylic acids is 1. The lowest BCUT2D eigenvalue weighted by atomic mass is 9.63. The molecule has 1 amide bonds. The predicted octanol–water partition coefficient (Wildman–Crippen LogP) is 5.17. The van der Waals surface area contributed by atoms with Gasteiger partial charge in [0.25, 0.3) is 5.91 Å². The molecule has 0 spiro atoms. The van der Waals surface area contributed by atoms with Crippen LogP contribution in [0.1, 0.15) is 54.9 Å². The molecule has 2 N–H and O–H groups in total. The summed E-state index contributed by atoms with van der Waals surface area (Å²) >= 11 is 0. The third-order valence-corrected chi connectivity index (χ3v) is 10.7. The molecule has 5 nitrogen and oxygen atoms in total. The van der Waals surface area contributed by atoms with E-state index in [1.54, 1.807) is 17.0 Å². The van der Waals surface area contributed by atoms with E-state index in [4.69, 9.17) is 4.78 Å². The van der Waals surface area contributed by atoms with Gasteiger partial charge in [0, 0.05) is 39.2 Å². The minimum Gasteiger partial charge on any atom is -0.380 e. The highest BCUT2D eigenvalue weighted by atomic mass is 32.2. The first-order valence-electron chi connectivity index (χ1n) is 13.0. The Hall–Kier alpha value is -2.53. The lowest BCUT2D eigenvalue weighted by Crippen LogP contribution is -2.57. The number of nitrogens with zero attached hydrogens (tertiary/aromatic N) is 1. The molecule has 39 heavy (non-hydrogen) atoms. The highest BCUT2D eigenvalue weighted by Gasteiger charge is 2.57. The van der Waals surface area contributed by atoms with E-state index < -0.39 is 55.9 Å². The number of fused-ring (bicyclic) bond motifs is 3. The number of aryl methyl sites for hydroxylation is 1. The van der Waals surface area contributed by atoms with Crippen molar-refractivity contribution in [2.75, 3.05) is 18.1 Å². The number of halogens is 5. The van der Waals surface area contributed by atoms with Gasteiger partial charge in [-0.25, -0.2) is 13.0 Å². The fourth-order valence-corrected chi connectivity index (χ4v) is 8.15. The highest BCUT2D eigenvalue weighted by molar-refractivity contribution is 7.92. The third kappa shape index (κ3) is 4.75. The van der Waals surface area contributed by atoms with Crippen LogP contribution in [-0.4, -0.2) is 56.0 Å². The van der Waals surface area contributed by atoms with Crippen molar-refractivity contribution in [3.8, 4) is 0 Å². The van der Waals surface area contributed by atoms with Crippen molar-refractivity contribution in [2.24, 2.45) is 0 Å². The molecule has 2 fully saturated rings. The van der Waals surface area contributed by atoms with Crippen LogP contribution in [0.3, 0.4) is 0 Å². The van der Waals surface area contributed by atoms with Crippen molar-refractivity contribution in [1.82, 2.24) is 4.90 Å². The monoisotopic (exact) mass is 570 g/mol. The van der Waals surface area contributed by atoms with Gasteiger partial charge in [0.05, 0.1) is 0 Å². The van der Waals surface area contributed by atoms with E-state index in [0.29, 0.717) is 38.2 Å². The smallest absolute Gasteiger partial charge is 0.380 e.